The van der Waals surface area contributed by atoms with Crippen molar-refractivity contribution in [1.29, 1.82) is 0 Å². The highest BCUT2D eigenvalue weighted by atomic mass is 16.6. The largest absolute Gasteiger partial charge is 0.379 e. The molecule has 3 rings (SSSR count). The van der Waals surface area contributed by atoms with Crippen LogP contribution in [-0.2, 0) is 52.5 Å². The maximum Gasteiger partial charge on any atom is 0.256 e. The van der Waals surface area contributed by atoms with E-state index in [1.165, 1.54) is 12.2 Å². The molecule has 19 nitrogen and oxygen atoms in total. The lowest BCUT2D eigenvalue weighted by molar-refractivity contribution is -0.142. The Bertz CT molecular complexity index is 1500. The number of piperazine rings is 1. The number of imide groups is 1. The van der Waals surface area contributed by atoms with Gasteiger partial charge in [-0.25, -0.2) is 0 Å². The van der Waals surface area contributed by atoms with E-state index in [0.717, 1.165) is 18.0 Å². The summed E-state index contributed by atoms with van der Waals surface area (Å²) in [5.74, 6) is -3.13. The number of rotatable bonds is 26. The lowest BCUT2D eigenvalue weighted by atomic mass is 10.0. The number of ether oxygens (including phenoxy) is 4. The zero-order chi connectivity index (χ0) is 41.6. The number of nitrogens with one attached hydrogen (secondary N) is 4. The molecule has 57 heavy (non-hydrogen) atoms. The van der Waals surface area contributed by atoms with Crippen LogP contribution in [0, 0.1) is 5.92 Å². The second-order valence-corrected chi connectivity index (χ2v) is 13.7. The molecule has 2 atom stereocenters. The number of nitrogens with zero attached hydrogens (tertiary/aromatic N) is 3. The minimum absolute atomic E-state index is 0.0180. The first-order valence-corrected chi connectivity index (χ1v) is 19.1. The molecule has 2 heterocycles. The van der Waals surface area contributed by atoms with Crippen LogP contribution in [-0.4, -0.2) is 173 Å². The number of carbonyl (C=O) groups is 7. The van der Waals surface area contributed by atoms with E-state index in [9.17, 15) is 38.7 Å². The molecule has 1 aromatic carbocycles. The number of aliphatic hydroxyl groups excluding tert-OH is 1. The first kappa shape index (κ1) is 46.6. The first-order chi connectivity index (χ1) is 27.3. The van der Waals surface area contributed by atoms with Crippen molar-refractivity contribution in [2.75, 3.05) is 111 Å². The molecule has 0 aliphatic carbocycles. The number of anilines is 1. The highest BCUT2D eigenvalue weighted by Gasteiger charge is 2.27. The van der Waals surface area contributed by atoms with Crippen LogP contribution in [0.4, 0.5) is 5.69 Å². The van der Waals surface area contributed by atoms with Gasteiger partial charge in [0.2, 0.25) is 23.6 Å². The van der Waals surface area contributed by atoms with Crippen molar-refractivity contribution in [3.05, 3.63) is 42.0 Å². The third-order valence-corrected chi connectivity index (χ3v) is 8.87. The van der Waals surface area contributed by atoms with Crippen molar-refractivity contribution in [3.8, 4) is 0 Å². The standard InChI is InChI=1S/C38H57N7O12/c1-27(2)35(37(52)40-26-32(48)41-29-6-4-28(5-7-29)36(51)38(53)44-16-14-43(3)15-17-44)42-31(47)11-18-54-20-22-56-24-25-57-23-21-55-19-12-39-30(46)10-13-45-33(49)8-9-34(45)50/h4-9,27,35-36,51H,10-26H2,1-3H3,(H,39,46)(H,40,52)(H,41,48)(H,42,47)/t35-,36?/m0/s1. The summed E-state index contributed by atoms with van der Waals surface area (Å²) in [6, 6.07) is 5.40. The number of aliphatic hydroxyl groups is 1. The predicted molar refractivity (Wildman–Crippen MR) is 205 cm³/mol. The van der Waals surface area contributed by atoms with Crippen molar-refractivity contribution < 1.29 is 57.6 Å². The number of carbonyl (C=O) groups excluding carboxylic acids is 7. The van der Waals surface area contributed by atoms with Gasteiger partial charge >= 0.3 is 0 Å². The molecule has 2 aliphatic heterocycles. The summed E-state index contributed by atoms with van der Waals surface area (Å²) in [7, 11) is 1.98. The minimum Gasteiger partial charge on any atom is -0.379 e. The van der Waals surface area contributed by atoms with Crippen LogP contribution in [0.2, 0.25) is 0 Å². The highest BCUT2D eigenvalue weighted by Crippen LogP contribution is 2.19. The second kappa shape index (κ2) is 25.5. The number of hydrogen-bond acceptors (Lipinski definition) is 13. The molecule has 0 bridgehead atoms. The van der Waals surface area contributed by atoms with Crippen LogP contribution < -0.4 is 21.3 Å². The van der Waals surface area contributed by atoms with Gasteiger partial charge in [-0.2, -0.15) is 0 Å². The molecular formula is C38H57N7O12. The molecule has 0 aromatic heterocycles. The van der Waals surface area contributed by atoms with Gasteiger partial charge in [-0.15, -0.1) is 0 Å². The van der Waals surface area contributed by atoms with E-state index in [-0.39, 0.29) is 75.9 Å². The van der Waals surface area contributed by atoms with Gasteiger partial charge < -0.3 is 55.1 Å². The smallest absolute Gasteiger partial charge is 0.256 e. The zero-order valence-corrected chi connectivity index (χ0v) is 33.0. The van der Waals surface area contributed by atoms with E-state index in [1.807, 2.05) is 7.05 Å². The Balaban J connectivity index is 1.16. The molecule has 7 amide bonds. The Hall–Kier alpha value is -4.79. The Morgan fingerprint density at radius 2 is 1.28 bits per heavy atom. The van der Waals surface area contributed by atoms with Gasteiger partial charge in [0.25, 0.3) is 17.7 Å². The molecule has 5 N–H and O–H groups in total. The van der Waals surface area contributed by atoms with Crippen molar-refractivity contribution in [1.82, 2.24) is 30.7 Å². The average Bonchev–Trinajstić information content (AvgIpc) is 3.52. The number of amides is 7. The predicted octanol–water partition coefficient (Wildman–Crippen LogP) is -1.42. The molecule has 1 aromatic rings. The van der Waals surface area contributed by atoms with E-state index in [2.05, 4.69) is 26.2 Å². The molecule has 0 spiro atoms. The fourth-order valence-electron chi connectivity index (χ4n) is 5.50. The Labute approximate surface area is 332 Å². The van der Waals surface area contributed by atoms with E-state index < -0.39 is 35.8 Å². The average molecular weight is 804 g/mol. The molecule has 0 saturated carbocycles. The molecule has 0 radical (unpaired) electrons. The van der Waals surface area contributed by atoms with Crippen molar-refractivity contribution in [2.45, 2.75) is 38.8 Å². The summed E-state index contributed by atoms with van der Waals surface area (Å²) in [5, 5.41) is 21.1. The van der Waals surface area contributed by atoms with Gasteiger partial charge in [0.15, 0.2) is 6.10 Å². The Morgan fingerprint density at radius 3 is 1.86 bits per heavy atom. The summed E-state index contributed by atoms with van der Waals surface area (Å²) in [4.78, 5) is 90.1. The quantitative estimate of drug-likeness (QED) is 0.0535. The van der Waals surface area contributed by atoms with Crippen LogP contribution in [0.15, 0.2) is 36.4 Å². The van der Waals surface area contributed by atoms with Gasteiger partial charge in [-0.1, -0.05) is 26.0 Å². The van der Waals surface area contributed by atoms with Gasteiger partial charge in [-0.3, -0.25) is 38.5 Å². The summed E-state index contributed by atoms with van der Waals surface area (Å²) >= 11 is 0. The van der Waals surface area contributed by atoms with E-state index in [1.54, 1.807) is 43.0 Å². The molecule has 2 aliphatic rings. The zero-order valence-electron chi connectivity index (χ0n) is 33.0. The SMILES string of the molecule is CC(C)[C@H](NC(=O)CCOCCOCCOCCOCCNC(=O)CCN1C(=O)C=CC1=O)C(=O)NCC(=O)Nc1ccc(C(O)C(=O)N2CCN(C)CC2)cc1. The molecule has 1 fully saturated rings. The van der Waals surface area contributed by atoms with Gasteiger partial charge in [-0.05, 0) is 30.7 Å². The molecule has 1 unspecified atom stereocenters. The minimum atomic E-state index is -1.30. The van der Waals surface area contributed by atoms with Crippen molar-refractivity contribution in [2.24, 2.45) is 5.92 Å². The molecular weight excluding hydrogens is 746 g/mol. The Morgan fingerprint density at radius 1 is 0.719 bits per heavy atom. The van der Waals surface area contributed by atoms with E-state index in [4.69, 9.17) is 18.9 Å². The van der Waals surface area contributed by atoms with Gasteiger partial charge in [0.1, 0.15) is 6.04 Å². The summed E-state index contributed by atoms with van der Waals surface area (Å²) in [6.07, 6.45) is 1.08. The molecule has 1 saturated heterocycles. The van der Waals surface area contributed by atoms with Crippen LogP contribution >= 0.6 is 0 Å². The van der Waals surface area contributed by atoms with E-state index in [0.29, 0.717) is 57.4 Å². The number of likely N-dealkylation sites (N-methyl/N-ethyl adjacent to an activating group) is 1. The third kappa shape index (κ3) is 17.5. The lowest BCUT2D eigenvalue weighted by Crippen LogP contribution is -2.51. The van der Waals surface area contributed by atoms with Gasteiger partial charge in [0.05, 0.1) is 59.4 Å². The fraction of sp³-hybridized carbons (Fsp3) is 0.605. The van der Waals surface area contributed by atoms with Crippen molar-refractivity contribution >= 4 is 47.0 Å². The normalized spacial score (nSPS) is 15.5. The molecule has 19 heteroatoms. The first-order valence-electron chi connectivity index (χ1n) is 19.1. The number of benzene rings is 1. The Kier molecular flexibility index (Phi) is 20.8. The van der Waals surface area contributed by atoms with Crippen LogP contribution in [0.3, 0.4) is 0 Å². The third-order valence-electron chi connectivity index (χ3n) is 8.87. The summed E-state index contributed by atoms with van der Waals surface area (Å²) in [6.45, 7) is 8.37. The molecule has 316 valence electrons. The fourth-order valence-corrected chi connectivity index (χ4v) is 5.50. The van der Waals surface area contributed by atoms with Gasteiger partial charge in [0, 0.05) is 69.9 Å². The number of hydrogen-bond donors (Lipinski definition) is 5. The monoisotopic (exact) mass is 803 g/mol. The maximum atomic E-state index is 12.8. The van der Waals surface area contributed by atoms with E-state index >= 15 is 0 Å². The summed E-state index contributed by atoms with van der Waals surface area (Å²) in [5.41, 5.74) is 0.834. The highest BCUT2D eigenvalue weighted by molar-refractivity contribution is 6.13. The van der Waals surface area contributed by atoms with Crippen LogP contribution in [0.5, 0.6) is 0 Å². The topological polar surface area (TPSA) is 234 Å². The van der Waals surface area contributed by atoms with Crippen molar-refractivity contribution in [3.63, 3.8) is 0 Å². The summed E-state index contributed by atoms with van der Waals surface area (Å²) < 4.78 is 21.7. The maximum absolute atomic E-state index is 12.8. The van der Waals surface area contributed by atoms with Crippen LogP contribution in [0.1, 0.15) is 38.4 Å². The second-order valence-electron chi connectivity index (χ2n) is 13.7. The lowest BCUT2D eigenvalue weighted by Gasteiger charge is -2.33. The van der Waals surface area contributed by atoms with Crippen LogP contribution in [0.25, 0.3) is 0 Å².